The smallest absolute Gasteiger partial charge is 0.255 e. The Kier molecular flexibility index (Phi) is 2.36. The normalized spacial score (nSPS) is 9.73. The molecule has 0 atom stereocenters. The van der Waals surface area contributed by atoms with Crippen LogP contribution in [0, 0.1) is 0 Å². The van der Waals surface area contributed by atoms with E-state index in [2.05, 4.69) is 5.10 Å². The van der Waals surface area contributed by atoms with Gasteiger partial charge in [-0.3, -0.25) is 0 Å². The van der Waals surface area contributed by atoms with Crippen LogP contribution in [-0.2, 0) is 7.05 Å². The molecule has 0 bridgehead atoms. The summed E-state index contributed by atoms with van der Waals surface area (Å²) in [7, 11) is 3.41. The molecule has 1 aromatic rings. The number of ether oxygens (including phenoxy) is 2. The minimum atomic E-state index is 0.621. The zero-order valence-electron chi connectivity index (χ0n) is 7.00. The number of rotatable bonds is 3. The second-order valence-corrected chi connectivity index (χ2v) is 2.07. The molecular weight excluding hydrogens is 144 g/mol. The minimum Gasteiger partial charge on any atom is -0.490 e. The number of nitrogens with zero attached hydrogens (tertiary/aromatic N) is 2. The molecule has 1 heterocycles. The van der Waals surface area contributed by atoms with Crippen LogP contribution >= 0.6 is 0 Å². The number of aromatic nitrogens is 2. The van der Waals surface area contributed by atoms with Crippen molar-refractivity contribution >= 4 is 0 Å². The molecule has 0 spiro atoms. The number of aryl methyl sites for hydroxylation is 1. The molecule has 1 rings (SSSR count). The highest BCUT2D eigenvalue weighted by atomic mass is 16.5. The Morgan fingerprint density at radius 2 is 2.36 bits per heavy atom. The van der Waals surface area contributed by atoms with Gasteiger partial charge in [0, 0.05) is 7.05 Å². The van der Waals surface area contributed by atoms with Crippen LogP contribution in [0.1, 0.15) is 6.92 Å². The van der Waals surface area contributed by atoms with Crippen molar-refractivity contribution in [3.05, 3.63) is 6.20 Å². The van der Waals surface area contributed by atoms with Crippen LogP contribution in [-0.4, -0.2) is 23.5 Å². The van der Waals surface area contributed by atoms with Gasteiger partial charge in [-0.1, -0.05) is 0 Å². The lowest BCUT2D eigenvalue weighted by Crippen LogP contribution is -2.00. The van der Waals surface area contributed by atoms with Crippen molar-refractivity contribution < 1.29 is 9.47 Å². The molecule has 1 aromatic heterocycles. The summed E-state index contributed by atoms with van der Waals surface area (Å²) < 4.78 is 11.9. The maximum Gasteiger partial charge on any atom is 0.255 e. The molecule has 0 aromatic carbocycles. The van der Waals surface area contributed by atoms with Gasteiger partial charge in [0.2, 0.25) is 5.75 Å². The van der Waals surface area contributed by atoms with Crippen LogP contribution in [0.2, 0.25) is 0 Å². The fraction of sp³-hybridized carbons (Fsp3) is 0.571. The van der Waals surface area contributed by atoms with E-state index in [-0.39, 0.29) is 0 Å². The van der Waals surface area contributed by atoms with Gasteiger partial charge in [-0.15, -0.1) is 0 Å². The fourth-order valence-electron chi connectivity index (χ4n) is 0.847. The Morgan fingerprint density at radius 3 is 2.91 bits per heavy atom. The number of hydrogen-bond acceptors (Lipinski definition) is 3. The van der Waals surface area contributed by atoms with E-state index < -0.39 is 0 Å². The standard InChI is InChI=1S/C7H12N2O2/c1-4-11-7-6(10-3)5-8-9(7)2/h5H,4H2,1-3H3. The molecular formula is C7H12N2O2. The van der Waals surface area contributed by atoms with Crippen molar-refractivity contribution in [3.8, 4) is 11.6 Å². The summed E-state index contributed by atoms with van der Waals surface area (Å²) in [5.41, 5.74) is 0. The van der Waals surface area contributed by atoms with E-state index >= 15 is 0 Å². The van der Waals surface area contributed by atoms with Crippen LogP contribution in [0.4, 0.5) is 0 Å². The van der Waals surface area contributed by atoms with E-state index in [1.165, 1.54) is 0 Å². The van der Waals surface area contributed by atoms with Gasteiger partial charge < -0.3 is 9.47 Å². The number of hydrogen-bond donors (Lipinski definition) is 0. The van der Waals surface area contributed by atoms with Crippen molar-refractivity contribution in [1.82, 2.24) is 9.78 Å². The summed E-state index contributed by atoms with van der Waals surface area (Å²) in [6.07, 6.45) is 1.63. The van der Waals surface area contributed by atoms with Crippen LogP contribution in [0.15, 0.2) is 6.20 Å². The van der Waals surface area contributed by atoms with E-state index in [0.717, 1.165) is 0 Å². The molecule has 0 saturated carbocycles. The predicted octanol–water partition coefficient (Wildman–Crippen LogP) is 0.827. The predicted molar refractivity (Wildman–Crippen MR) is 40.9 cm³/mol. The first-order valence-electron chi connectivity index (χ1n) is 3.48. The Bertz CT molecular complexity index is 232. The Labute approximate surface area is 65.7 Å². The fourth-order valence-corrected chi connectivity index (χ4v) is 0.847. The highest BCUT2D eigenvalue weighted by Gasteiger charge is 2.08. The van der Waals surface area contributed by atoms with E-state index in [0.29, 0.717) is 18.2 Å². The van der Waals surface area contributed by atoms with Crippen molar-refractivity contribution in [2.24, 2.45) is 7.05 Å². The highest BCUT2D eigenvalue weighted by molar-refractivity contribution is 5.30. The first-order chi connectivity index (χ1) is 5.29. The topological polar surface area (TPSA) is 36.3 Å². The summed E-state index contributed by atoms with van der Waals surface area (Å²) in [4.78, 5) is 0. The van der Waals surface area contributed by atoms with Crippen LogP contribution < -0.4 is 9.47 Å². The van der Waals surface area contributed by atoms with E-state index in [1.54, 1.807) is 18.0 Å². The Hall–Kier alpha value is -1.19. The summed E-state index contributed by atoms with van der Waals surface area (Å²) >= 11 is 0. The molecule has 0 unspecified atom stereocenters. The van der Waals surface area contributed by atoms with Crippen molar-refractivity contribution in [3.63, 3.8) is 0 Å². The molecule has 0 N–H and O–H groups in total. The second-order valence-electron chi connectivity index (χ2n) is 2.07. The zero-order valence-corrected chi connectivity index (χ0v) is 7.00. The summed E-state index contributed by atoms with van der Waals surface area (Å²) in [6.45, 7) is 2.54. The first-order valence-corrected chi connectivity index (χ1v) is 3.48. The average Bonchev–Trinajstić information content (AvgIpc) is 2.34. The maximum absolute atomic E-state index is 5.27. The second kappa shape index (κ2) is 3.27. The molecule has 0 aliphatic rings. The van der Waals surface area contributed by atoms with Gasteiger partial charge in [0.25, 0.3) is 5.88 Å². The molecule has 4 nitrogen and oxygen atoms in total. The number of methoxy groups -OCH3 is 1. The van der Waals surface area contributed by atoms with E-state index in [4.69, 9.17) is 9.47 Å². The van der Waals surface area contributed by atoms with Gasteiger partial charge in [0.15, 0.2) is 0 Å². The molecule has 0 aliphatic heterocycles. The van der Waals surface area contributed by atoms with Gasteiger partial charge in [-0.05, 0) is 6.92 Å². The molecule has 0 radical (unpaired) electrons. The largest absolute Gasteiger partial charge is 0.490 e. The average molecular weight is 156 g/mol. The molecule has 0 amide bonds. The third-order valence-corrected chi connectivity index (χ3v) is 1.35. The summed E-state index contributed by atoms with van der Waals surface area (Å²) in [5.74, 6) is 1.35. The van der Waals surface area contributed by atoms with Gasteiger partial charge in [0.1, 0.15) is 0 Å². The summed E-state index contributed by atoms with van der Waals surface area (Å²) in [6, 6.07) is 0. The van der Waals surface area contributed by atoms with Crippen molar-refractivity contribution in [2.45, 2.75) is 6.92 Å². The Morgan fingerprint density at radius 1 is 1.64 bits per heavy atom. The third kappa shape index (κ3) is 1.45. The molecule has 0 aliphatic carbocycles. The quantitative estimate of drug-likeness (QED) is 0.650. The molecule has 4 heteroatoms. The van der Waals surface area contributed by atoms with Crippen molar-refractivity contribution in [1.29, 1.82) is 0 Å². The van der Waals surface area contributed by atoms with Crippen LogP contribution in [0.3, 0.4) is 0 Å². The third-order valence-electron chi connectivity index (χ3n) is 1.35. The van der Waals surface area contributed by atoms with Gasteiger partial charge in [-0.25, -0.2) is 4.68 Å². The lowest BCUT2D eigenvalue weighted by molar-refractivity contribution is 0.287. The lowest BCUT2D eigenvalue weighted by atomic mass is 10.6. The van der Waals surface area contributed by atoms with Gasteiger partial charge >= 0.3 is 0 Å². The molecule has 62 valence electrons. The zero-order chi connectivity index (χ0) is 8.27. The van der Waals surface area contributed by atoms with Gasteiger partial charge in [0.05, 0.1) is 19.9 Å². The van der Waals surface area contributed by atoms with Crippen molar-refractivity contribution in [2.75, 3.05) is 13.7 Å². The van der Waals surface area contributed by atoms with Crippen LogP contribution in [0.5, 0.6) is 11.6 Å². The maximum atomic E-state index is 5.27. The lowest BCUT2D eigenvalue weighted by Gasteiger charge is -2.04. The minimum absolute atomic E-state index is 0.621. The van der Waals surface area contributed by atoms with E-state index in [1.807, 2.05) is 14.0 Å². The van der Waals surface area contributed by atoms with E-state index in [9.17, 15) is 0 Å². The van der Waals surface area contributed by atoms with Gasteiger partial charge in [-0.2, -0.15) is 5.10 Å². The summed E-state index contributed by atoms with van der Waals surface area (Å²) in [5, 5.41) is 3.97. The first kappa shape index (κ1) is 7.91. The highest BCUT2D eigenvalue weighted by Crippen LogP contribution is 2.24. The monoisotopic (exact) mass is 156 g/mol. The SMILES string of the molecule is CCOc1c(OC)cnn1C. The Balaban J connectivity index is 2.88. The molecule has 0 fully saturated rings. The molecule has 11 heavy (non-hydrogen) atoms. The van der Waals surface area contributed by atoms with Crippen LogP contribution in [0.25, 0.3) is 0 Å². The molecule has 0 saturated heterocycles.